The normalized spacial score (nSPS) is 14.4. The van der Waals surface area contributed by atoms with Crippen LogP contribution in [0.15, 0.2) is 35.3 Å². The number of fused-ring (bicyclic) bond motifs is 1. The topological polar surface area (TPSA) is 75.1 Å². The highest BCUT2D eigenvalue weighted by atomic mass is 35.5. The number of anilines is 2. The quantitative estimate of drug-likeness (QED) is 0.384. The van der Waals surface area contributed by atoms with E-state index >= 15 is 0 Å². The lowest BCUT2D eigenvalue weighted by Gasteiger charge is -2.32. The molecule has 13 heteroatoms. The third-order valence-electron chi connectivity index (χ3n) is 6.30. The summed E-state index contributed by atoms with van der Waals surface area (Å²) in [5.74, 6) is 0. The SMILES string of the molecule is C=C(Cn1c(CC)c(N2CCNCC2)c(=O)c2nc(C(F)F)c(C)nc21)Nc1ccc(C(F)(F)F)cc1Cl. The Morgan fingerprint density at radius 1 is 1.24 bits per heavy atom. The Kier molecular flexibility index (Phi) is 7.93. The van der Waals surface area contributed by atoms with Gasteiger partial charge in [0.15, 0.2) is 11.2 Å². The summed E-state index contributed by atoms with van der Waals surface area (Å²) in [5, 5.41) is 5.99. The minimum absolute atomic E-state index is 0.0121. The van der Waals surface area contributed by atoms with Gasteiger partial charge in [0.2, 0.25) is 5.43 Å². The number of hydrogen-bond donors (Lipinski definition) is 2. The van der Waals surface area contributed by atoms with Crippen LogP contribution in [0.25, 0.3) is 11.2 Å². The van der Waals surface area contributed by atoms with E-state index < -0.39 is 29.3 Å². The summed E-state index contributed by atoms with van der Waals surface area (Å²) in [6.45, 7) is 9.63. The van der Waals surface area contributed by atoms with Crippen molar-refractivity contribution in [3.05, 3.63) is 68.4 Å². The van der Waals surface area contributed by atoms with Crippen LogP contribution in [-0.2, 0) is 19.1 Å². The number of benzene rings is 1. The van der Waals surface area contributed by atoms with Gasteiger partial charge in [0.05, 0.1) is 28.5 Å². The zero-order chi connectivity index (χ0) is 27.8. The van der Waals surface area contributed by atoms with Gasteiger partial charge in [0.1, 0.15) is 11.4 Å². The van der Waals surface area contributed by atoms with Crippen molar-refractivity contribution in [2.24, 2.45) is 0 Å². The monoisotopic (exact) mass is 556 g/mol. The lowest BCUT2D eigenvalue weighted by Crippen LogP contribution is -2.46. The molecule has 4 rings (SSSR count). The molecule has 1 aromatic carbocycles. The first-order valence-electron chi connectivity index (χ1n) is 11.9. The predicted molar refractivity (Wildman–Crippen MR) is 137 cm³/mol. The van der Waals surface area contributed by atoms with Crippen LogP contribution in [0.4, 0.5) is 33.3 Å². The van der Waals surface area contributed by atoms with Gasteiger partial charge in [-0.2, -0.15) is 13.2 Å². The van der Waals surface area contributed by atoms with Crippen molar-refractivity contribution < 1.29 is 22.0 Å². The smallest absolute Gasteiger partial charge is 0.364 e. The zero-order valence-corrected chi connectivity index (χ0v) is 21.5. The molecule has 2 aromatic heterocycles. The molecule has 38 heavy (non-hydrogen) atoms. The summed E-state index contributed by atoms with van der Waals surface area (Å²) in [5.41, 5.74) is -0.497. The van der Waals surface area contributed by atoms with Crippen LogP contribution in [0.1, 0.15) is 36.0 Å². The van der Waals surface area contributed by atoms with Gasteiger partial charge in [0, 0.05) is 37.6 Å². The molecule has 7 nitrogen and oxygen atoms in total. The molecular formula is C25H26ClF5N6O. The Balaban J connectivity index is 1.82. The molecule has 0 spiro atoms. The first kappa shape index (κ1) is 27.8. The van der Waals surface area contributed by atoms with Gasteiger partial charge < -0.3 is 20.1 Å². The molecule has 3 aromatic rings. The van der Waals surface area contributed by atoms with Crippen molar-refractivity contribution in [3.63, 3.8) is 0 Å². The van der Waals surface area contributed by atoms with E-state index in [9.17, 15) is 26.7 Å². The zero-order valence-electron chi connectivity index (χ0n) is 20.7. The minimum atomic E-state index is -4.54. The van der Waals surface area contributed by atoms with Crippen molar-refractivity contribution in [2.45, 2.75) is 39.4 Å². The van der Waals surface area contributed by atoms with E-state index in [2.05, 4.69) is 27.2 Å². The van der Waals surface area contributed by atoms with Gasteiger partial charge in [0.25, 0.3) is 6.43 Å². The summed E-state index contributed by atoms with van der Waals surface area (Å²) in [6, 6.07) is 2.91. The lowest BCUT2D eigenvalue weighted by molar-refractivity contribution is -0.137. The van der Waals surface area contributed by atoms with Crippen LogP contribution in [0.2, 0.25) is 5.02 Å². The molecule has 0 bridgehead atoms. The maximum atomic E-state index is 13.6. The third-order valence-corrected chi connectivity index (χ3v) is 6.62. The number of hydrogen-bond acceptors (Lipinski definition) is 6. The fraction of sp³-hybridized carbons (Fsp3) is 0.400. The molecule has 204 valence electrons. The highest BCUT2D eigenvalue weighted by molar-refractivity contribution is 6.33. The number of rotatable bonds is 7. The fourth-order valence-corrected chi connectivity index (χ4v) is 4.75. The summed E-state index contributed by atoms with van der Waals surface area (Å²) in [6.07, 6.45) is -7.04. The summed E-state index contributed by atoms with van der Waals surface area (Å²) in [7, 11) is 0. The minimum Gasteiger partial charge on any atom is -0.364 e. The first-order valence-corrected chi connectivity index (χ1v) is 12.3. The second kappa shape index (κ2) is 10.9. The highest BCUT2D eigenvalue weighted by Gasteiger charge is 2.31. The van der Waals surface area contributed by atoms with Gasteiger partial charge in [-0.05, 0) is 31.5 Å². The van der Waals surface area contributed by atoms with Crippen LogP contribution in [0, 0.1) is 6.92 Å². The van der Waals surface area contributed by atoms with Crippen molar-refractivity contribution >= 4 is 34.1 Å². The molecule has 0 atom stereocenters. The van der Waals surface area contributed by atoms with E-state index in [-0.39, 0.29) is 34.1 Å². The van der Waals surface area contributed by atoms with Crippen LogP contribution in [0.5, 0.6) is 0 Å². The Bertz CT molecular complexity index is 1430. The van der Waals surface area contributed by atoms with E-state index in [0.29, 0.717) is 49.7 Å². The van der Waals surface area contributed by atoms with Gasteiger partial charge >= 0.3 is 6.18 Å². The number of aryl methyl sites for hydroxylation is 1. The van der Waals surface area contributed by atoms with E-state index in [4.69, 9.17) is 11.6 Å². The molecule has 3 heterocycles. The number of alkyl halides is 5. The van der Waals surface area contributed by atoms with Crippen LogP contribution >= 0.6 is 11.6 Å². The number of nitrogens with one attached hydrogen (secondary N) is 2. The standard InChI is InChI=1S/C25H26ClF5N6O/c1-4-18-21(36-9-7-32-8-10-36)22(38)20-24(34-14(3)19(35-20)23(27)28)37(18)12-13(2)33-17-6-5-15(11-16(17)26)25(29,30)31/h5-6,11,23,32-33H,2,4,7-10,12H2,1,3H3. The van der Waals surface area contributed by atoms with E-state index in [1.807, 2.05) is 11.8 Å². The first-order chi connectivity index (χ1) is 17.9. The molecular weight excluding hydrogens is 531 g/mol. The van der Waals surface area contributed by atoms with E-state index in [1.165, 1.54) is 13.0 Å². The Morgan fingerprint density at radius 2 is 1.92 bits per heavy atom. The molecule has 2 N–H and O–H groups in total. The van der Waals surface area contributed by atoms with Gasteiger partial charge in [-0.15, -0.1) is 0 Å². The predicted octanol–water partition coefficient (Wildman–Crippen LogP) is 5.31. The average Bonchev–Trinajstić information content (AvgIpc) is 2.86. The van der Waals surface area contributed by atoms with Crippen LogP contribution in [0.3, 0.4) is 0 Å². The molecule has 1 saturated heterocycles. The molecule has 0 radical (unpaired) electrons. The molecule has 0 aliphatic carbocycles. The summed E-state index contributed by atoms with van der Waals surface area (Å²) < 4.78 is 68.0. The van der Waals surface area contributed by atoms with Gasteiger partial charge in [-0.1, -0.05) is 25.1 Å². The molecule has 0 amide bonds. The van der Waals surface area contributed by atoms with Crippen LogP contribution < -0.4 is 21.0 Å². The van der Waals surface area contributed by atoms with Crippen molar-refractivity contribution in [1.29, 1.82) is 0 Å². The molecule has 0 unspecified atom stereocenters. The molecule has 1 aliphatic heterocycles. The van der Waals surface area contributed by atoms with Gasteiger partial charge in [-0.25, -0.2) is 18.7 Å². The average molecular weight is 557 g/mol. The van der Waals surface area contributed by atoms with Crippen molar-refractivity contribution in [1.82, 2.24) is 19.9 Å². The second-order valence-corrected chi connectivity index (χ2v) is 9.30. The second-order valence-electron chi connectivity index (χ2n) is 8.89. The fourth-order valence-electron chi connectivity index (χ4n) is 4.52. The van der Waals surface area contributed by atoms with Crippen molar-refractivity contribution in [2.75, 3.05) is 36.4 Å². The lowest BCUT2D eigenvalue weighted by atomic mass is 10.1. The number of halogens is 6. The largest absolute Gasteiger partial charge is 0.416 e. The Morgan fingerprint density at radius 3 is 2.50 bits per heavy atom. The number of aromatic nitrogens is 3. The summed E-state index contributed by atoms with van der Waals surface area (Å²) in [4.78, 5) is 23.9. The number of nitrogens with zero attached hydrogens (tertiary/aromatic N) is 4. The highest BCUT2D eigenvalue weighted by Crippen LogP contribution is 2.34. The number of allylic oxidation sites excluding steroid dienone is 1. The van der Waals surface area contributed by atoms with E-state index in [0.717, 1.165) is 12.1 Å². The van der Waals surface area contributed by atoms with E-state index in [1.54, 1.807) is 4.57 Å². The third kappa shape index (κ3) is 5.46. The molecule has 1 aliphatic rings. The summed E-state index contributed by atoms with van der Waals surface area (Å²) >= 11 is 6.09. The van der Waals surface area contributed by atoms with Gasteiger partial charge in [-0.3, -0.25) is 4.79 Å². The number of piperazine rings is 1. The number of pyridine rings is 1. The Hall–Kier alpha value is -3.25. The maximum absolute atomic E-state index is 13.6. The maximum Gasteiger partial charge on any atom is 0.416 e. The molecule has 0 saturated carbocycles. The van der Waals surface area contributed by atoms with Crippen molar-refractivity contribution in [3.8, 4) is 0 Å². The van der Waals surface area contributed by atoms with Crippen LogP contribution in [-0.4, -0.2) is 40.7 Å². The Labute approximate surface area is 220 Å². The molecule has 1 fully saturated rings.